The molecule has 1 aromatic carbocycles. The predicted molar refractivity (Wildman–Crippen MR) is 127 cm³/mol. The summed E-state index contributed by atoms with van der Waals surface area (Å²) in [5, 5.41) is 27.6. The van der Waals surface area contributed by atoms with E-state index >= 15 is 0 Å². The first-order valence-corrected chi connectivity index (χ1v) is 12.6. The lowest BCUT2D eigenvalue weighted by Gasteiger charge is -2.66. The molecule has 32 heavy (non-hydrogen) atoms. The number of aromatic hydroxyl groups is 2. The molecule has 4 heteroatoms. The fraction of sp³-hybridized carbons (Fsp3) is 0.750. The summed E-state index contributed by atoms with van der Waals surface area (Å²) in [6.45, 7) is 11.9. The zero-order valence-corrected chi connectivity index (χ0v) is 20.6. The highest BCUT2D eigenvalue weighted by Crippen LogP contribution is 2.69. The van der Waals surface area contributed by atoms with Crippen LogP contribution in [0, 0.1) is 41.4 Å². The minimum Gasteiger partial charge on any atom is -0.504 e. The molecule has 4 aliphatic carbocycles. The van der Waals surface area contributed by atoms with Crippen molar-refractivity contribution in [3.63, 3.8) is 0 Å². The second-order valence-electron chi connectivity index (χ2n) is 12.3. The molecule has 1 aromatic rings. The van der Waals surface area contributed by atoms with Crippen molar-refractivity contribution in [2.75, 3.05) is 0 Å². The first-order chi connectivity index (χ1) is 15.0. The summed E-state index contributed by atoms with van der Waals surface area (Å²) in [6, 6.07) is 1.92. The second-order valence-corrected chi connectivity index (χ2v) is 12.3. The number of phenols is 2. The third-order valence-corrected chi connectivity index (χ3v) is 10.8. The second kappa shape index (κ2) is 7.95. The van der Waals surface area contributed by atoms with Gasteiger partial charge in [0.15, 0.2) is 11.5 Å². The highest BCUT2D eigenvalue weighted by atomic mass is 16.3. The van der Waals surface area contributed by atoms with Gasteiger partial charge >= 0.3 is 0 Å². The van der Waals surface area contributed by atoms with Crippen molar-refractivity contribution >= 4 is 6.47 Å². The molecular weight excluding hydrogens is 400 g/mol. The van der Waals surface area contributed by atoms with Crippen LogP contribution in [-0.4, -0.2) is 21.8 Å². The zero-order chi connectivity index (χ0) is 23.5. The molecule has 4 aliphatic rings. The molecule has 5 rings (SSSR count). The Labute approximate surface area is 193 Å². The fourth-order valence-electron chi connectivity index (χ4n) is 9.00. The number of fused-ring (bicyclic) bond motifs is 7. The van der Waals surface area contributed by atoms with E-state index < -0.39 is 0 Å². The average molecular weight is 443 g/mol. The van der Waals surface area contributed by atoms with E-state index in [4.69, 9.17) is 9.90 Å². The normalized spacial score (nSPS) is 42.3. The summed E-state index contributed by atoms with van der Waals surface area (Å²) in [5.74, 6) is 3.49. The van der Waals surface area contributed by atoms with Crippen molar-refractivity contribution in [3.8, 4) is 11.5 Å². The fourth-order valence-corrected chi connectivity index (χ4v) is 9.00. The summed E-state index contributed by atoms with van der Waals surface area (Å²) in [7, 11) is 0. The lowest BCUT2D eigenvalue weighted by atomic mass is 9.38. The predicted octanol–water partition coefficient (Wildman–Crippen LogP) is 6.58. The SMILES string of the molecule is Cc1c(O)c(O)cc2c1CCC1C2(C)CCC2C3CC(C)CCC3(C)CCC21C.O=CO. The minimum atomic E-state index is -0.250. The quantitative estimate of drug-likeness (QED) is 0.313. The summed E-state index contributed by atoms with van der Waals surface area (Å²) in [5.41, 5.74) is 4.66. The van der Waals surface area contributed by atoms with Gasteiger partial charge in [-0.2, -0.15) is 0 Å². The Morgan fingerprint density at radius 3 is 2.38 bits per heavy atom. The molecule has 0 bridgehead atoms. The third kappa shape index (κ3) is 3.27. The number of rotatable bonds is 0. The first-order valence-electron chi connectivity index (χ1n) is 12.6. The molecule has 0 amide bonds. The molecule has 4 nitrogen and oxygen atoms in total. The van der Waals surface area contributed by atoms with Gasteiger partial charge in [-0.15, -0.1) is 0 Å². The molecule has 7 atom stereocenters. The van der Waals surface area contributed by atoms with Crippen molar-refractivity contribution in [2.45, 2.75) is 97.8 Å². The lowest BCUT2D eigenvalue weighted by molar-refractivity contribution is -0.144. The van der Waals surface area contributed by atoms with Crippen LogP contribution in [0.5, 0.6) is 11.5 Å². The molecule has 178 valence electrons. The lowest BCUT2D eigenvalue weighted by Crippen LogP contribution is -2.59. The van der Waals surface area contributed by atoms with Gasteiger partial charge in [-0.3, -0.25) is 4.79 Å². The van der Waals surface area contributed by atoms with Crippen LogP contribution in [-0.2, 0) is 16.6 Å². The van der Waals surface area contributed by atoms with E-state index in [9.17, 15) is 10.2 Å². The van der Waals surface area contributed by atoms with Crippen molar-refractivity contribution in [1.82, 2.24) is 0 Å². The number of benzene rings is 1. The third-order valence-electron chi connectivity index (χ3n) is 10.8. The maximum Gasteiger partial charge on any atom is 0.290 e. The Hall–Kier alpha value is -1.71. The van der Waals surface area contributed by atoms with Gasteiger partial charge in [-0.05, 0) is 121 Å². The van der Waals surface area contributed by atoms with Gasteiger partial charge in [0, 0.05) is 0 Å². The van der Waals surface area contributed by atoms with Gasteiger partial charge in [0.2, 0.25) is 0 Å². The minimum absolute atomic E-state index is 0.0766. The number of hydrogen-bond acceptors (Lipinski definition) is 3. The van der Waals surface area contributed by atoms with E-state index in [1.807, 2.05) is 13.0 Å². The maximum absolute atomic E-state index is 10.4. The molecule has 7 unspecified atom stereocenters. The van der Waals surface area contributed by atoms with Crippen molar-refractivity contribution < 1.29 is 20.1 Å². The van der Waals surface area contributed by atoms with Crippen LogP contribution in [0.25, 0.3) is 0 Å². The van der Waals surface area contributed by atoms with Gasteiger partial charge in [-0.25, -0.2) is 0 Å². The van der Waals surface area contributed by atoms with E-state index in [1.54, 1.807) is 0 Å². The molecule has 0 radical (unpaired) electrons. The van der Waals surface area contributed by atoms with E-state index in [0.29, 0.717) is 16.7 Å². The number of phenolic OH excluding ortho intramolecular Hbond substituents is 2. The first kappa shape index (κ1) is 23.4. The average Bonchev–Trinajstić information content (AvgIpc) is 2.74. The van der Waals surface area contributed by atoms with Gasteiger partial charge in [-0.1, -0.05) is 34.1 Å². The summed E-state index contributed by atoms with van der Waals surface area (Å²) in [4.78, 5) is 8.36. The van der Waals surface area contributed by atoms with Crippen LogP contribution >= 0.6 is 0 Å². The van der Waals surface area contributed by atoms with Crippen LogP contribution in [0.15, 0.2) is 6.07 Å². The molecule has 3 N–H and O–H groups in total. The van der Waals surface area contributed by atoms with E-state index in [-0.39, 0.29) is 23.4 Å². The van der Waals surface area contributed by atoms with Crippen molar-refractivity contribution in [1.29, 1.82) is 0 Å². The zero-order valence-electron chi connectivity index (χ0n) is 20.6. The van der Waals surface area contributed by atoms with Gasteiger partial charge in [0.1, 0.15) is 0 Å². The Morgan fingerprint density at radius 2 is 1.69 bits per heavy atom. The van der Waals surface area contributed by atoms with E-state index in [2.05, 4.69) is 27.7 Å². The Bertz CT molecular complexity index is 894. The van der Waals surface area contributed by atoms with E-state index in [0.717, 1.165) is 29.7 Å². The summed E-state index contributed by atoms with van der Waals surface area (Å²) in [6.07, 6.45) is 11.9. The van der Waals surface area contributed by atoms with Gasteiger partial charge < -0.3 is 15.3 Å². The van der Waals surface area contributed by atoms with Gasteiger partial charge in [0.05, 0.1) is 0 Å². The smallest absolute Gasteiger partial charge is 0.290 e. The van der Waals surface area contributed by atoms with Crippen LogP contribution in [0.4, 0.5) is 0 Å². The number of hydrogen-bond donors (Lipinski definition) is 3. The molecular formula is C28H42O4. The van der Waals surface area contributed by atoms with Crippen LogP contribution < -0.4 is 0 Å². The van der Waals surface area contributed by atoms with Crippen LogP contribution in [0.1, 0.15) is 95.8 Å². The van der Waals surface area contributed by atoms with E-state index in [1.165, 1.54) is 62.5 Å². The van der Waals surface area contributed by atoms with Crippen LogP contribution in [0.2, 0.25) is 0 Å². The Kier molecular flexibility index (Phi) is 5.83. The molecule has 0 saturated heterocycles. The molecule has 0 spiro atoms. The highest BCUT2D eigenvalue weighted by Gasteiger charge is 2.62. The topological polar surface area (TPSA) is 77.8 Å². The summed E-state index contributed by atoms with van der Waals surface area (Å²) < 4.78 is 0. The molecule has 3 saturated carbocycles. The molecule has 3 fully saturated rings. The molecule has 0 heterocycles. The molecule has 0 aliphatic heterocycles. The van der Waals surface area contributed by atoms with Gasteiger partial charge in [0.25, 0.3) is 6.47 Å². The van der Waals surface area contributed by atoms with Crippen molar-refractivity contribution in [3.05, 3.63) is 22.8 Å². The Morgan fingerprint density at radius 1 is 1.00 bits per heavy atom. The number of carbonyl (C=O) groups is 1. The van der Waals surface area contributed by atoms with Crippen molar-refractivity contribution in [2.24, 2.45) is 34.5 Å². The Balaban J connectivity index is 0.000000775. The molecule has 0 aromatic heterocycles. The monoisotopic (exact) mass is 442 g/mol. The number of carboxylic acid groups (broad SMARTS) is 1. The highest BCUT2D eigenvalue weighted by molar-refractivity contribution is 5.56. The largest absolute Gasteiger partial charge is 0.504 e. The summed E-state index contributed by atoms with van der Waals surface area (Å²) >= 11 is 0. The maximum atomic E-state index is 10.4. The standard InChI is InChI=1S/C27H40O2.CH2O2/c1-16-8-10-25(3)12-13-27(5)19(21(25)14-16)9-11-26(4)20-15-22(28)24(29)17(2)18(20)6-7-23(26)27;2-1-3/h15-16,19,21,23,28-29H,6-14H2,1-5H3;1H,(H,2,3). The van der Waals surface area contributed by atoms with Crippen LogP contribution in [0.3, 0.4) is 0 Å².